The van der Waals surface area contributed by atoms with Crippen molar-refractivity contribution in [2.45, 2.75) is 18.6 Å². The van der Waals surface area contributed by atoms with Gasteiger partial charge in [-0.15, -0.1) is 0 Å². The zero-order chi connectivity index (χ0) is 11.1. The number of carboxylic acids is 2. The first-order valence-corrected chi connectivity index (χ1v) is 3.87. The fourth-order valence-electron chi connectivity index (χ4n) is 0.758. The maximum Gasteiger partial charge on any atom is 0.332 e. The summed E-state index contributed by atoms with van der Waals surface area (Å²) < 4.78 is 16.2. The lowest BCUT2D eigenvalue weighted by molar-refractivity contribution is -0.152. The average Bonchev–Trinajstić information content (AvgIpc) is 2.10. The van der Waals surface area contributed by atoms with Crippen LogP contribution in [0.4, 0.5) is 4.39 Å². The molecule has 2 atom stereocenters. The number of rotatable bonds is 7. The molecule has 82 valence electrons. The van der Waals surface area contributed by atoms with Crippen LogP contribution in [-0.2, 0) is 14.3 Å². The molecular formula is C7H12FNO5. The van der Waals surface area contributed by atoms with Gasteiger partial charge in [-0.3, -0.25) is 4.79 Å². The number of hydrogen-bond acceptors (Lipinski definition) is 4. The van der Waals surface area contributed by atoms with Gasteiger partial charge in [0.1, 0.15) is 12.7 Å². The number of alkyl halides is 1. The van der Waals surface area contributed by atoms with Gasteiger partial charge >= 0.3 is 11.9 Å². The Morgan fingerprint density at radius 1 is 1.36 bits per heavy atom. The van der Waals surface area contributed by atoms with E-state index in [1.807, 2.05) is 0 Å². The van der Waals surface area contributed by atoms with Crippen LogP contribution >= 0.6 is 0 Å². The molecule has 0 aromatic rings. The quantitative estimate of drug-likeness (QED) is 0.507. The van der Waals surface area contributed by atoms with Crippen LogP contribution in [0.25, 0.3) is 0 Å². The summed E-state index contributed by atoms with van der Waals surface area (Å²) in [7, 11) is 0. The Kier molecular flexibility index (Phi) is 5.73. The van der Waals surface area contributed by atoms with E-state index in [-0.39, 0.29) is 13.0 Å². The van der Waals surface area contributed by atoms with Crippen molar-refractivity contribution in [3.8, 4) is 0 Å². The molecule has 14 heavy (non-hydrogen) atoms. The second-order valence-corrected chi connectivity index (χ2v) is 2.57. The number of nitrogens with two attached hydrogens (primary N) is 1. The third-order valence-corrected chi connectivity index (χ3v) is 1.46. The van der Waals surface area contributed by atoms with Gasteiger partial charge in [-0.25, -0.2) is 9.18 Å². The molecule has 0 spiro atoms. The number of ether oxygens (including phenoxy) is 1. The van der Waals surface area contributed by atoms with Crippen LogP contribution in [0, 0.1) is 0 Å². The van der Waals surface area contributed by atoms with Gasteiger partial charge < -0.3 is 20.7 Å². The molecule has 2 unspecified atom stereocenters. The van der Waals surface area contributed by atoms with Crippen LogP contribution in [0.3, 0.4) is 0 Å². The molecule has 0 saturated carbocycles. The largest absolute Gasteiger partial charge is 0.480 e. The normalized spacial score (nSPS) is 14.7. The Bertz CT molecular complexity index is 210. The number of carboxylic acid groups (broad SMARTS) is 2. The summed E-state index contributed by atoms with van der Waals surface area (Å²) in [5.74, 6) is -2.67. The lowest BCUT2D eigenvalue weighted by Gasteiger charge is -2.14. The smallest absolute Gasteiger partial charge is 0.332 e. The predicted molar refractivity (Wildman–Crippen MR) is 43.6 cm³/mol. The molecule has 0 radical (unpaired) electrons. The van der Waals surface area contributed by atoms with Crippen molar-refractivity contribution >= 4 is 11.9 Å². The molecule has 0 aliphatic heterocycles. The Labute approximate surface area is 79.5 Å². The average molecular weight is 209 g/mol. The minimum absolute atomic E-state index is 0.384. The van der Waals surface area contributed by atoms with Gasteiger partial charge in [0, 0.05) is 6.42 Å². The second kappa shape index (κ2) is 6.28. The molecule has 7 heteroatoms. The molecular weight excluding hydrogens is 197 g/mol. The van der Waals surface area contributed by atoms with Crippen LogP contribution in [0.15, 0.2) is 0 Å². The van der Waals surface area contributed by atoms with Gasteiger partial charge in [-0.1, -0.05) is 0 Å². The molecule has 0 aromatic heterocycles. The summed E-state index contributed by atoms with van der Waals surface area (Å²) in [5.41, 5.74) is 5.09. The number of carbonyl (C=O) groups is 2. The maximum atomic E-state index is 11.6. The van der Waals surface area contributed by atoms with E-state index in [0.717, 1.165) is 0 Å². The zero-order valence-corrected chi connectivity index (χ0v) is 7.35. The van der Waals surface area contributed by atoms with Crippen LogP contribution in [0.1, 0.15) is 6.42 Å². The highest BCUT2D eigenvalue weighted by atomic mass is 19.1. The third kappa shape index (κ3) is 4.73. The first-order chi connectivity index (χ1) is 6.49. The Morgan fingerprint density at radius 2 is 1.93 bits per heavy atom. The molecule has 0 bridgehead atoms. The van der Waals surface area contributed by atoms with Crippen molar-refractivity contribution in [1.82, 2.24) is 0 Å². The monoisotopic (exact) mass is 209 g/mol. The van der Waals surface area contributed by atoms with E-state index in [0.29, 0.717) is 0 Å². The Morgan fingerprint density at radius 3 is 2.29 bits per heavy atom. The number of halogens is 1. The molecule has 0 saturated heterocycles. The van der Waals surface area contributed by atoms with E-state index in [1.165, 1.54) is 0 Å². The van der Waals surface area contributed by atoms with E-state index in [9.17, 15) is 14.0 Å². The van der Waals surface area contributed by atoms with E-state index in [4.69, 9.17) is 15.9 Å². The topological polar surface area (TPSA) is 110 Å². The first kappa shape index (κ1) is 12.8. The zero-order valence-electron chi connectivity index (χ0n) is 7.35. The van der Waals surface area contributed by atoms with Crippen LogP contribution in [-0.4, -0.2) is 47.6 Å². The van der Waals surface area contributed by atoms with Gasteiger partial charge in [0.15, 0.2) is 6.10 Å². The SMILES string of the molecule is NC(CC(OCCF)C(=O)O)C(=O)O. The fourth-order valence-corrected chi connectivity index (χ4v) is 0.758. The van der Waals surface area contributed by atoms with E-state index >= 15 is 0 Å². The van der Waals surface area contributed by atoms with Gasteiger partial charge in [-0.05, 0) is 0 Å². The fraction of sp³-hybridized carbons (Fsp3) is 0.714. The first-order valence-electron chi connectivity index (χ1n) is 3.87. The Balaban J connectivity index is 4.08. The highest BCUT2D eigenvalue weighted by Crippen LogP contribution is 2.02. The molecule has 6 nitrogen and oxygen atoms in total. The Hall–Kier alpha value is -1.21. The van der Waals surface area contributed by atoms with E-state index in [2.05, 4.69) is 4.74 Å². The van der Waals surface area contributed by atoms with Crippen molar-refractivity contribution in [2.75, 3.05) is 13.3 Å². The summed E-state index contributed by atoms with van der Waals surface area (Å²) in [4.78, 5) is 20.8. The predicted octanol–water partition coefficient (Wildman–Crippen LogP) is -0.772. The standard InChI is InChI=1S/C7H12FNO5/c8-1-2-14-5(7(12)13)3-4(9)6(10)11/h4-5H,1-3,9H2,(H,10,11)(H,12,13). The van der Waals surface area contributed by atoms with Gasteiger partial charge in [0.25, 0.3) is 0 Å². The highest BCUT2D eigenvalue weighted by molar-refractivity contribution is 5.76. The van der Waals surface area contributed by atoms with Gasteiger partial charge in [0.05, 0.1) is 6.61 Å². The summed E-state index contributed by atoms with van der Waals surface area (Å²) in [6.07, 6.45) is -1.76. The molecule has 0 heterocycles. The third-order valence-electron chi connectivity index (χ3n) is 1.46. The summed E-state index contributed by atoms with van der Waals surface area (Å²) in [5, 5.41) is 16.9. The molecule has 4 N–H and O–H groups in total. The van der Waals surface area contributed by atoms with Gasteiger partial charge in [0.2, 0.25) is 0 Å². The maximum absolute atomic E-state index is 11.6. The minimum atomic E-state index is -1.38. The molecule has 0 aliphatic rings. The molecule has 0 fully saturated rings. The van der Waals surface area contributed by atoms with Crippen LogP contribution in [0.2, 0.25) is 0 Å². The molecule has 0 aliphatic carbocycles. The summed E-state index contributed by atoms with van der Waals surface area (Å²) >= 11 is 0. The summed E-state index contributed by atoms with van der Waals surface area (Å²) in [6.45, 7) is -1.21. The molecule has 0 aromatic carbocycles. The molecule has 0 rings (SSSR count). The van der Waals surface area contributed by atoms with Crippen molar-refractivity contribution in [2.24, 2.45) is 5.73 Å². The number of aliphatic carboxylic acids is 2. The van der Waals surface area contributed by atoms with Crippen molar-refractivity contribution in [1.29, 1.82) is 0 Å². The van der Waals surface area contributed by atoms with Crippen LogP contribution < -0.4 is 5.73 Å². The highest BCUT2D eigenvalue weighted by Gasteiger charge is 2.24. The van der Waals surface area contributed by atoms with Crippen LogP contribution in [0.5, 0.6) is 0 Å². The van der Waals surface area contributed by atoms with Crippen molar-refractivity contribution in [3.05, 3.63) is 0 Å². The molecule has 0 amide bonds. The lowest BCUT2D eigenvalue weighted by Crippen LogP contribution is -2.38. The minimum Gasteiger partial charge on any atom is -0.480 e. The lowest BCUT2D eigenvalue weighted by atomic mass is 10.1. The van der Waals surface area contributed by atoms with Crippen molar-refractivity contribution in [3.63, 3.8) is 0 Å². The number of hydrogen-bond donors (Lipinski definition) is 3. The van der Waals surface area contributed by atoms with Gasteiger partial charge in [-0.2, -0.15) is 0 Å². The summed E-state index contributed by atoms with van der Waals surface area (Å²) in [6, 6.07) is -1.32. The van der Waals surface area contributed by atoms with Crippen molar-refractivity contribution < 1.29 is 28.9 Å². The van der Waals surface area contributed by atoms with E-state index in [1.54, 1.807) is 0 Å². The van der Waals surface area contributed by atoms with E-state index < -0.39 is 30.8 Å². The second-order valence-electron chi connectivity index (χ2n) is 2.57.